The minimum absolute atomic E-state index is 0.0421. The van der Waals surface area contributed by atoms with Crippen molar-refractivity contribution >= 4 is 17.5 Å². The highest BCUT2D eigenvalue weighted by molar-refractivity contribution is 6.30. The third kappa shape index (κ3) is 3.31. The average molecular weight is 341 g/mol. The maximum absolute atomic E-state index is 12.6. The lowest BCUT2D eigenvalue weighted by Crippen LogP contribution is -2.29. The summed E-state index contributed by atoms with van der Waals surface area (Å²) in [6.45, 7) is 2.00. The number of benzene rings is 2. The van der Waals surface area contributed by atoms with Gasteiger partial charge in [0.2, 0.25) is 0 Å². The van der Waals surface area contributed by atoms with Crippen LogP contribution in [0.15, 0.2) is 61.2 Å². The molecule has 1 aromatic heterocycles. The standard InChI is InChI=1S/C18H17ClN4O/c1-13(22(2)18(24)15-3-7-16(19)8-4-15)14-5-9-17(10-6-14)23-12-20-11-21-23/h3-13H,1-2H3/t13-/m0/s1. The maximum atomic E-state index is 12.6. The minimum Gasteiger partial charge on any atom is -0.335 e. The largest absolute Gasteiger partial charge is 0.335 e. The quantitative estimate of drug-likeness (QED) is 0.726. The van der Waals surface area contributed by atoms with Crippen molar-refractivity contribution in [3.05, 3.63) is 77.3 Å². The lowest BCUT2D eigenvalue weighted by atomic mass is 10.1. The van der Waals surface area contributed by atoms with Crippen LogP contribution in [0, 0.1) is 0 Å². The fraction of sp³-hybridized carbons (Fsp3) is 0.167. The Morgan fingerprint density at radius 3 is 2.38 bits per heavy atom. The molecule has 24 heavy (non-hydrogen) atoms. The van der Waals surface area contributed by atoms with E-state index in [0.717, 1.165) is 11.3 Å². The molecule has 0 spiro atoms. The van der Waals surface area contributed by atoms with Crippen LogP contribution in [0.5, 0.6) is 0 Å². The molecular weight excluding hydrogens is 324 g/mol. The second-order valence-corrected chi connectivity index (χ2v) is 5.97. The summed E-state index contributed by atoms with van der Waals surface area (Å²) in [5, 5.41) is 4.72. The average Bonchev–Trinajstić information content (AvgIpc) is 3.15. The molecule has 5 nitrogen and oxygen atoms in total. The smallest absolute Gasteiger partial charge is 0.254 e. The Morgan fingerprint density at radius 1 is 1.12 bits per heavy atom. The molecule has 3 rings (SSSR count). The fourth-order valence-corrected chi connectivity index (χ4v) is 2.57. The number of hydrogen-bond acceptors (Lipinski definition) is 3. The Morgan fingerprint density at radius 2 is 1.79 bits per heavy atom. The fourth-order valence-electron chi connectivity index (χ4n) is 2.44. The first-order valence-corrected chi connectivity index (χ1v) is 7.92. The van der Waals surface area contributed by atoms with Crippen molar-refractivity contribution in [2.45, 2.75) is 13.0 Å². The summed E-state index contributed by atoms with van der Waals surface area (Å²) < 4.78 is 1.69. The van der Waals surface area contributed by atoms with Gasteiger partial charge < -0.3 is 4.90 Å². The second-order valence-electron chi connectivity index (χ2n) is 5.53. The van der Waals surface area contributed by atoms with Crippen LogP contribution in [0.3, 0.4) is 0 Å². The van der Waals surface area contributed by atoms with E-state index in [9.17, 15) is 4.79 Å². The van der Waals surface area contributed by atoms with Crippen LogP contribution in [0.4, 0.5) is 0 Å². The van der Waals surface area contributed by atoms with E-state index >= 15 is 0 Å². The van der Waals surface area contributed by atoms with Crippen LogP contribution in [0.25, 0.3) is 5.69 Å². The lowest BCUT2D eigenvalue weighted by Gasteiger charge is -2.25. The molecule has 0 aliphatic heterocycles. The summed E-state index contributed by atoms with van der Waals surface area (Å²) in [6.07, 6.45) is 3.14. The molecule has 3 aromatic rings. The van der Waals surface area contributed by atoms with Crippen molar-refractivity contribution in [1.29, 1.82) is 0 Å². The Bertz CT molecular complexity index is 813. The molecule has 0 saturated carbocycles. The second kappa shape index (κ2) is 6.84. The van der Waals surface area contributed by atoms with Gasteiger partial charge in [-0.1, -0.05) is 23.7 Å². The molecule has 0 bridgehead atoms. The van der Waals surface area contributed by atoms with Crippen molar-refractivity contribution < 1.29 is 4.79 Å². The third-order valence-corrected chi connectivity index (χ3v) is 4.30. The summed E-state index contributed by atoms with van der Waals surface area (Å²) >= 11 is 5.88. The van der Waals surface area contributed by atoms with E-state index in [1.165, 1.54) is 6.33 Å². The van der Waals surface area contributed by atoms with Crippen molar-refractivity contribution in [3.8, 4) is 5.69 Å². The molecular formula is C18H17ClN4O. The molecule has 2 aromatic carbocycles. The number of rotatable bonds is 4. The summed E-state index contributed by atoms with van der Waals surface area (Å²) in [5.41, 5.74) is 2.59. The van der Waals surface area contributed by atoms with Crippen molar-refractivity contribution in [1.82, 2.24) is 19.7 Å². The predicted molar refractivity (Wildman–Crippen MR) is 93.3 cm³/mol. The Kier molecular flexibility index (Phi) is 4.62. The van der Waals surface area contributed by atoms with Crippen LogP contribution in [0.2, 0.25) is 5.02 Å². The van der Waals surface area contributed by atoms with Crippen LogP contribution < -0.4 is 0 Å². The van der Waals surface area contributed by atoms with Gasteiger partial charge in [0.15, 0.2) is 0 Å². The number of carbonyl (C=O) groups excluding carboxylic acids is 1. The predicted octanol–water partition coefficient (Wildman–Crippen LogP) is 3.75. The van der Waals surface area contributed by atoms with Crippen LogP contribution >= 0.6 is 11.6 Å². The SMILES string of the molecule is C[C@@H](c1ccc(-n2cncn2)cc1)N(C)C(=O)c1ccc(Cl)cc1. The normalized spacial score (nSPS) is 12.0. The molecule has 1 atom stereocenters. The number of carbonyl (C=O) groups is 1. The summed E-state index contributed by atoms with van der Waals surface area (Å²) in [5.74, 6) is -0.0421. The molecule has 1 heterocycles. The molecule has 122 valence electrons. The van der Waals surface area contributed by atoms with Crippen molar-refractivity contribution in [2.75, 3.05) is 7.05 Å². The lowest BCUT2D eigenvalue weighted by molar-refractivity contribution is 0.0742. The highest BCUT2D eigenvalue weighted by atomic mass is 35.5. The van der Waals surface area contributed by atoms with Gasteiger partial charge in [-0.05, 0) is 48.9 Å². The van der Waals surface area contributed by atoms with Crippen LogP contribution in [-0.2, 0) is 0 Å². The molecule has 0 aliphatic carbocycles. The van der Waals surface area contributed by atoms with E-state index < -0.39 is 0 Å². The van der Waals surface area contributed by atoms with Gasteiger partial charge in [-0.15, -0.1) is 0 Å². The van der Waals surface area contributed by atoms with Gasteiger partial charge in [0, 0.05) is 17.6 Å². The summed E-state index contributed by atoms with van der Waals surface area (Å²) in [6, 6.07) is 14.8. The molecule has 0 fully saturated rings. The first-order chi connectivity index (χ1) is 11.6. The van der Waals surface area contributed by atoms with E-state index in [2.05, 4.69) is 10.1 Å². The van der Waals surface area contributed by atoms with Gasteiger partial charge in [-0.2, -0.15) is 5.10 Å². The van der Waals surface area contributed by atoms with E-state index in [4.69, 9.17) is 11.6 Å². The molecule has 1 amide bonds. The van der Waals surface area contributed by atoms with E-state index in [1.807, 2.05) is 31.2 Å². The number of hydrogen-bond donors (Lipinski definition) is 0. The Hall–Kier alpha value is -2.66. The molecule has 0 N–H and O–H groups in total. The summed E-state index contributed by atoms with van der Waals surface area (Å²) in [7, 11) is 1.80. The summed E-state index contributed by atoms with van der Waals surface area (Å²) in [4.78, 5) is 18.2. The monoisotopic (exact) mass is 340 g/mol. The van der Waals surface area contributed by atoms with Gasteiger partial charge in [0.25, 0.3) is 5.91 Å². The van der Waals surface area contributed by atoms with Gasteiger partial charge in [-0.25, -0.2) is 9.67 Å². The van der Waals surface area contributed by atoms with Gasteiger partial charge in [0.1, 0.15) is 12.7 Å². The number of aromatic nitrogens is 3. The van der Waals surface area contributed by atoms with Crippen LogP contribution in [-0.4, -0.2) is 32.6 Å². The maximum Gasteiger partial charge on any atom is 0.254 e. The van der Waals surface area contributed by atoms with Crippen molar-refractivity contribution in [3.63, 3.8) is 0 Å². The Labute approximate surface area is 145 Å². The first-order valence-electron chi connectivity index (χ1n) is 7.54. The zero-order valence-corrected chi connectivity index (χ0v) is 14.2. The highest BCUT2D eigenvalue weighted by Crippen LogP contribution is 2.22. The van der Waals surface area contributed by atoms with Gasteiger partial charge in [0.05, 0.1) is 11.7 Å². The molecule has 0 radical (unpaired) electrons. The topological polar surface area (TPSA) is 51.0 Å². The molecule has 6 heteroatoms. The zero-order valence-electron chi connectivity index (χ0n) is 13.4. The molecule has 0 saturated heterocycles. The van der Waals surface area contributed by atoms with Gasteiger partial charge >= 0.3 is 0 Å². The molecule has 0 unspecified atom stereocenters. The van der Waals surface area contributed by atoms with Gasteiger partial charge in [-0.3, -0.25) is 4.79 Å². The third-order valence-electron chi connectivity index (χ3n) is 4.05. The van der Waals surface area contributed by atoms with Crippen LogP contribution in [0.1, 0.15) is 28.9 Å². The van der Waals surface area contributed by atoms with E-state index in [-0.39, 0.29) is 11.9 Å². The highest BCUT2D eigenvalue weighted by Gasteiger charge is 2.19. The first kappa shape index (κ1) is 16.2. The number of amides is 1. The number of halogens is 1. The van der Waals surface area contributed by atoms with E-state index in [0.29, 0.717) is 10.6 Å². The Balaban J connectivity index is 1.76. The van der Waals surface area contributed by atoms with Crippen molar-refractivity contribution in [2.24, 2.45) is 0 Å². The van der Waals surface area contributed by atoms with E-state index in [1.54, 1.807) is 47.2 Å². The molecule has 0 aliphatic rings. The zero-order chi connectivity index (χ0) is 17.1. The minimum atomic E-state index is -0.0574. The number of nitrogens with zero attached hydrogens (tertiary/aromatic N) is 4.